The van der Waals surface area contributed by atoms with Gasteiger partial charge in [0.05, 0.1) is 6.61 Å². The van der Waals surface area contributed by atoms with Gasteiger partial charge in [-0.2, -0.15) is 0 Å². The summed E-state index contributed by atoms with van der Waals surface area (Å²) in [7, 11) is 0. The minimum atomic E-state index is 0.195. The first-order valence-electron chi connectivity index (χ1n) is 5.14. The van der Waals surface area contributed by atoms with Crippen LogP contribution in [-0.2, 0) is 0 Å². The van der Waals surface area contributed by atoms with Crippen LogP contribution in [0.25, 0.3) is 0 Å². The largest absolute Gasteiger partial charge is 0.395 e. The average Bonchev–Trinajstić information content (AvgIpc) is 2.76. The SMILES string of the molecule is CCNC(CO)CCSc1nnc(SC)s1. The molecule has 1 aromatic heterocycles. The van der Waals surface area contributed by atoms with Crippen LogP contribution in [-0.4, -0.2) is 46.5 Å². The average molecular weight is 279 g/mol. The summed E-state index contributed by atoms with van der Waals surface area (Å²) in [6.45, 7) is 3.14. The maximum Gasteiger partial charge on any atom is 0.175 e. The molecule has 1 rings (SSSR count). The van der Waals surface area contributed by atoms with Gasteiger partial charge in [-0.15, -0.1) is 10.2 Å². The van der Waals surface area contributed by atoms with Crippen LogP contribution < -0.4 is 5.32 Å². The molecule has 0 aromatic carbocycles. The number of aliphatic hydroxyl groups is 1. The molecule has 2 N–H and O–H groups in total. The van der Waals surface area contributed by atoms with Gasteiger partial charge in [0.2, 0.25) is 0 Å². The van der Waals surface area contributed by atoms with Crippen LogP contribution in [0.15, 0.2) is 8.68 Å². The lowest BCUT2D eigenvalue weighted by Crippen LogP contribution is -2.32. The number of hydrogen-bond acceptors (Lipinski definition) is 7. The van der Waals surface area contributed by atoms with E-state index in [1.54, 1.807) is 34.9 Å². The third-order valence-corrected chi connectivity index (χ3v) is 5.03. The van der Waals surface area contributed by atoms with Crippen molar-refractivity contribution >= 4 is 34.9 Å². The summed E-state index contributed by atoms with van der Waals surface area (Å²) in [5.41, 5.74) is 0. The van der Waals surface area contributed by atoms with E-state index in [1.807, 2.05) is 13.2 Å². The van der Waals surface area contributed by atoms with Crippen molar-refractivity contribution in [1.29, 1.82) is 0 Å². The number of aromatic nitrogens is 2. The van der Waals surface area contributed by atoms with E-state index in [2.05, 4.69) is 15.5 Å². The summed E-state index contributed by atoms with van der Waals surface area (Å²) in [5, 5.41) is 20.4. The third kappa shape index (κ3) is 5.01. The molecule has 0 spiro atoms. The first kappa shape index (κ1) is 14.2. The Balaban J connectivity index is 2.23. The predicted octanol–water partition coefficient (Wildman–Crippen LogP) is 1.71. The van der Waals surface area contributed by atoms with E-state index < -0.39 is 0 Å². The van der Waals surface area contributed by atoms with Crippen molar-refractivity contribution in [2.45, 2.75) is 28.1 Å². The van der Waals surface area contributed by atoms with Gasteiger partial charge in [-0.1, -0.05) is 41.8 Å². The highest BCUT2D eigenvalue weighted by atomic mass is 32.2. The molecule has 1 atom stereocenters. The van der Waals surface area contributed by atoms with Crippen LogP contribution in [0.1, 0.15) is 13.3 Å². The second kappa shape index (κ2) is 8.30. The minimum absolute atomic E-state index is 0.195. The van der Waals surface area contributed by atoms with Gasteiger partial charge >= 0.3 is 0 Å². The highest BCUT2D eigenvalue weighted by molar-refractivity contribution is 8.02. The molecule has 0 aliphatic heterocycles. The molecular formula is C9H17N3OS3. The molecule has 1 heterocycles. The lowest BCUT2D eigenvalue weighted by Gasteiger charge is -2.13. The molecule has 16 heavy (non-hydrogen) atoms. The summed E-state index contributed by atoms with van der Waals surface area (Å²) in [6.07, 6.45) is 2.95. The number of nitrogens with zero attached hydrogens (tertiary/aromatic N) is 2. The number of likely N-dealkylation sites (N-methyl/N-ethyl adjacent to an activating group) is 1. The summed E-state index contributed by atoms with van der Waals surface area (Å²) < 4.78 is 2.02. The fourth-order valence-electron chi connectivity index (χ4n) is 1.17. The fraction of sp³-hybridized carbons (Fsp3) is 0.778. The molecule has 4 nitrogen and oxygen atoms in total. The number of rotatable bonds is 8. The molecule has 92 valence electrons. The van der Waals surface area contributed by atoms with Crippen LogP contribution in [0.3, 0.4) is 0 Å². The standard InChI is InChI=1S/C9H17N3OS3/c1-3-10-7(6-13)4-5-15-9-12-11-8(14-2)16-9/h7,10,13H,3-6H2,1-2H3. The van der Waals surface area contributed by atoms with Gasteiger partial charge < -0.3 is 10.4 Å². The molecule has 0 aliphatic rings. The second-order valence-corrected chi connectivity index (χ2v) is 6.49. The van der Waals surface area contributed by atoms with Gasteiger partial charge in [0, 0.05) is 11.8 Å². The Labute approximate surface area is 109 Å². The molecule has 0 fully saturated rings. The lowest BCUT2D eigenvalue weighted by atomic mass is 10.2. The van der Waals surface area contributed by atoms with Crippen molar-refractivity contribution in [2.24, 2.45) is 0 Å². The predicted molar refractivity (Wildman–Crippen MR) is 71.6 cm³/mol. The monoisotopic (exact) mass is 279 g/mol. The Hall–Kier alpha value is 0.180. The van der Waals surface area contributed by atoms with E-state index in [4.69, 9.17) is 5.11 Å². The van der Waals surface area contributed by atoms with Gasteiger partial charge in [-0.05, 0) is 19.2 Å². The molecule has 7 heteroatoms. The first-order chi connectivity index (χ1) is 7.80. The zero-order chi connectivity index (χ0) is 11.8. The van der Waals surface area contributed by atoms with E-state index in [0.717, 1.165) is 27.4 Å². The van der Waals surface area contributed by atoms with Crippen LogP contribution in [0.2, 0.25) is 0 Å². The third-order valence-electron chi connectivity index (χ3n) is 1.97. The van der Waals surface area contributed by atoms with E-state index >= 15 is 0 Å². The van der Waals surface area contributed by atoms with E-state index in [0.29, 0.717) is 0 Å². The Bertz CT molecular complexity index is 295. The van der Waals surface area contributed by atoms with Crippen LogP contribution in [0.4, 0.5) is 0 Å². The van der Waals surface area contributed by atoms with Crippen molar-refractivity contribution in [3.05, 3.63) is 0 Å². The van der Waals surface area contributed by atoms with Crippen LogP contribution >= 0.6 is 34.9 Å². The zero-order valence-corrected chi connectivity index (χ0v) is 11.9. The lowest BCUT2D eigenvalue weighted by molar-refractivity contribution is 0.242. The van der Waals surface area contributed by atoms with Gasteiger partial charge in [0.25, 0.3) is 0 Å². The van der Waals surface area contributed by atoms with Gasteiger partial charge in [-0.3, -0.25) is 0 Å². The van der Waals surface area contributed by atoms with E-state index in [-0.39, 0.29) is 12.6 Å². The number of hydrogen-bond donors (Lipinski definition) is 2. The molecule has 0 amide bonds. The maximum atomic E-state index is 9.10. The second-order valence-electron chi connectivity index (χ2n) is 3.11. The molecule has 0 saturated heterocycles. The van der Waals surface area contributed by atoms with E-state index in [9.17, 15) is 0 Å². The Morgan fingerprint density at radius 2 is 2.19 bits per heavy atom. The van der Waals surface area contributed by atoms with Crippen molar-refractivity contribution in [3.63, 3.8) is 0 Å². The highest BCUT2D eigenvalue weighted by Gasteiger charge is 2.07. The van der Waals surface area contributed by atoms with Crippen molar-refractivity contribution in [2.75, 3.05) is 25.2 Å². The Morgan fingerprint density at radius 3 is 2.75 bits per heavy atom. The minimum Gasteiger partial charge on any atom is -0.395 e. The summed E-state index contributed by atoms with van der Waals surface area (Å²) in [5.74, 6) is 0.960. The molecule has 0 aliphatic carbocycles. The number of thioether (sulfide) groups is 2. The van der Waals surface area contributed by atoms with Crippen molar-refractivity contribution < 1.29 is 5.11 Å². The molecular weight excluding hydrogens is 262 g/mol. The normalized spacial score (nSPS) is 12.9. The smallest absolute Gasteiger partial charge is 0.175 e. The van der Waals surface area contributed by atoms with Crippen LogP contribution in [0, 0.1) is 0 Å². The summed E-state index contributed by atoms with van der Waals surface area (Å²) >= 11 is 4.95. The fourth-order valence-corrected chi connectivity index (χ4v) is 3.73. The number of aliphatic hydroxyl groups excluding tert-OH is 1. The topological polar surface area (TPSA) is 58.0 Å². The Morgan fingerprint density at radius 1 is 1.44 bits per heavy atom. The Kier molecular flexibility index (Phi) is 7.39. The molecule has 1 unspecified atom stereocenters. The van der Waals surface area contributed by atoms with E-state index in [1.165, 1.54) is 0 Å². The zero-order valence-electron chi connectivity index (χ0n) is 9.47. The van der Waals surface area contributed by atoms with Gasteiger partial charge in [-0.25, -0.2) is 0 Å². The first-order valence-corrected chi connectivity index (χ1v) is 8.17. The molecule has 0 radical (unpaired) electrons. The molecule has 1 aromatic rings. The highest BCUT2D eigenvalue weighted by Crippen LogP contribution is 2.27. The number of nitrogens with one attached hydrogen (secondary N) is 1. The van der Waals surface area contributed by atoms with Gasteiger partial charge in [0.1, 0.15) is 0 Å². The summed E-state index contributed by atoms with van der Waals surface area (Å²) in [6, 6.07) is 0.199. The quantitative estimate of drug-likeness (QED) is 0.707. The maximum absolute atomic E-state index is 9.10. The van der Waals surface area contributed by atoms with Crippen LogP contribution in [0.5, 0.6) is 0 Å². The summed E-state index contributed by atoms with van der Waals surface area (Å²) in [4.78, 5) is 0. The van der Waals surface area contributed by atoms with Crippen molar-refractivity contribution in [1.82, 2.24) is 15.5 Å². The van der Waals surface area contributed by atoms with Gasteiger partial charge in [0.15, 0.2) is 8.68 Å². The van der Waals surface area contributed by atoms with Crippen molar-refractivity contribution in [3.8, 4) is 0 Å². The molecule has 0 bridgehead atoms. The molecule has 0 saturated carbocycles.